The lowest BCUT2D eigenvalue weighted by atomic mass is 9.80. The van der Waals surface area contributed by atoms with E-state index in [9.17, 15) is 5.11 Å². The standard InChI is InChI=1S/C11H18N2O3/c1-3-15-9-4-8(5-9)6-10-12-11(7(2)14)13-16-10/h7-9,14H,3-6H2,1-2H3. The van der Waals surface area contributed by atoms with Crippen molar-refractivity contribution in [2.75, 3.05) is 6.61 Å². The minimum Gasteiger partial charge on any atom is -0.385 e. The Morgan fingerprint density at radius 1 is 1.56 bits per heavy atom. The first kappa shape index (κ1) is 11.5. The third kappa shape index (κ3) is 2.59. The molecule has 0 aliphatic heterocycles. The lowest BCUT2D eigenvalue weighted by molar-refractivity contribution is -0.0258. The zero-order valence-electron chi connectivity index (χ0n) is 9.72. The molecule has 1 fully saturated rings. The van der Waals surface area contributed by atoms with Crippen molar-refractivity contribution in [3.63, 3.8) is 0 Å². The van der Waals surface area contributed by atoms with E-state index in [1.807, 2.05) is 6.92 Å². The maximum Gasteiger partial charge on any atom is 0.227 e. The minimum absolute atomic E-state index is 0.371. The van der Waals surface area contributed by atoms with Gasteiger partial charge in [0.2, 0.25) is 5.89 Å². The fourth-order valence-electron chi connectivity index (χ4n) is 1.98. The highest BCUT2D eigenvalue weighted by atomic mass is 16.5. The molecule has 1 aliphatic carbocycles. The van der Waals surface area contributed by atoms with Crippen LogP contribution in [0.5, 0.6) is 0 Å². The van der Waals surface area contributed by atoms with Gasteiger partial charge in [-0.3, -0.25) is 0 Å². The maximum atomic E-state index is 9.25. The molecule has 0 aromatic carbocycles. The maximum absolute atomic E-state index is 9.25. The summed E-state index contributed by atoms with van der Waals surface area (Å²) in [7, 11) is 0. The van der Waals surface area contributed by atoms with Crippen LogP contribution in [0.1, 0.15) is 44.5 Å². The predicted octanol–water partition coefficient (Wildman–Crippen LogP) is 1.48. The average molecular weight is 226 g/mol. The number of aromatic nitrogens is 2. The first-order chi connectivity index (χ1) is 7.69. The van der Waals surface area contributed by atoms with E-state index in [0.717, 1.165) is 25.9 Å². The van der Waals surface area contributed by atoms with E-state index in [-0.39, 0.29) is 0 Å². The van der Waals surface area contributed by atoms with Crippen LogP contribution in [0.2, 0.25) is 0 Å². The van der Waals surface area contributed by atoms with E-state index in [1.165, 1.54) is 0 Å². The Morgan fingerprint density at radius 2 is 2.31 bits per heavy atom. The van der Waals surface area contributed by atoms with Crippen LogP contribution in [0, 0.1) is 5.92 Å². The SMILES string of the molecule is CCOC1CC(Cc2nc(C(C)O)no2)C1. The molecular weight excluding hydrogens is 208 g/mol. The summed E-state index contributed by atoms with van der Waals surface area (Å²) >= 11 is 0. The number of nitrogens with zero attached hydrogens (tertiary/aromatic N) is 2. The van der Waals surface area contributed by atoms with Gasteiger partial charge in [0.25, 0.3) is 0 Å². The van der Waals surface area contributed by atoms with Crippen LogP contribution in [0.15, 0.2) is 4.52 Å². The predicted molar refractivity (Wildman–Crippen MR) is 56.8 cm³/mol. The summed E-state index contributed by atoms with van der Waals surface area (Å²) in [6.07, 6.45) is 2.69. The van der Waals surface area contributed by atoms with Crippen LogP contribution in [0.4, 0.5) is 0 Å². The molecule has 0 radical (unpaired) electrons. The Labute approximate surface area is 94.8 Å². The molecule has 16 heavy (non-hydrogen) atoms. The van der Waals surface area contributed by atoms with E-state index in [4.69, 9.17) is 9.26 Å². The number of ether oxygens (including phenoxy) is 1. The van der Waals surface area contributed by atoms with E-state index in [2.05, 4.69) is 10.1 Å². The minimum atomic E-state index is -0.657. The van der Waals surface area contributed by atoms with Gasteiger partial charge >= 0.3 is 0 Å². The molecule has 0 spiro atoms. The van der Waals surface area contributed by atoms with Crippen molar-refractivity contribution in [2.45, 2.75) is 45.3 Å². The van der Waals surface area contributed by atoms with Crippen molar-refractivity contribution < 1.29 is 14.4 Å². The fraction of sp³-hybridized carbons (Fsp3) is 0.818. The summed E-state index contributed by atoms with van der Waals surface area (Å²) in [5, 5.41) is 13.0. The monoisotopic (exact) mass is 226 g/mol. The number of aliphatic hydroxyl groups is 1. The van der Waals surface area contributed by atoms with Crippen molar-refractivity contribution in [1.82, 2.24) is 10.1 Å². The van der Waals surface area contributed by atoms with Crippen LogP contribution >= 0.6 is 0 Å². The number of aliphatic hydroxyl groups excluding tert-OH is 1. The first-order valence-corrected chi connectivity index (χ1v) is 5.81. The Kier molecular flexibility index (Phi) is 3.56. The molecule has 90 valence electrons. The van der Waals surface area contributed by atoms with Crippen LogP contribution in [0.25, 0.3) is 0 Å². The second-order valence-electron chi connectivity index (χ2n) is 4.34. The van der Waals surface area contributed by atoms with Crippen LogP contribution in [0.3, 0.4) is 0 Å². The van der Waals surface area contributed by atoms with Crippen molar-refractivity contribution >= 4 is 0 Å². The highest BCUT2D eigenvalue weighted by Gasteiger charge is 2.31. The van der Waals surface area contributed by atoms with Gasteiger partial charge in [-0.1, -0.05) is 5.16 Å². The van der Waals surface area contributed by atoms with Gasteiger partial charge in [-0.15, -0.1) is 0 Å². The van der Waals surface area contributed by atoms with Gasteiger partial charge in [-0.2, -0.15) is 4.98 Å². The van der Waals surface area contributed by atoms with Gasteiger partial charge in [0, 0.05) is 13.0 Å². The van der Waals surface area contributed by atoms with Crippen LogP contribution in [-0.4, -0.2) is 28.0 Å². The molecule has 1 atom stereocenters. The summed E-state index contributed by atoms with van der Waals surface area (Å²) in [6.45, 7) is 4.42. The van der Waals surface area contributed by atoms with Crippen molar-refractivity contribution in [1.29, 1.82) is 0 Å². The number of hydrogen-bond donors (Lipinski definition) is 1. The zero-order valence-corrected chi connectivity index (χ0v) is 9.72. The molecule has 5 nitrogen and oxygen atoms in total. The first-order valence-electron chi connectivity index (χ1n) is 5.81. The highest BCUT2D eigenvalue weighted by molar-refractivity contribution is 4.93. The second-order valence-corrected chi connectivity index (χ2v) is 4.34. The summed E-state index contributed by atoms with van der Waals surface area (Å²) in [6, 6.07) is 0. The Hall–Kier alpha value is -0.940. The molecule has 1 heterocycles. The Bertz CT molecular complexity index is 332. The Balaban J connectivity index is 1.78. The van der Waals surface area contributed by atoms with Gasteiger partial charge in [-0.05, 0) is 32.6 Å². The van der Waals surface area contributed by atoms with Crippen molar-refractivity contribution in [3.8, 4) is 0 Å². The smallest absolute Gasteiger partial charge is 0.227 e. The molecule has 1 aromatic heterocycles. The quantitative estimate of drug-likeness (QED) is 0.823. The third-order valence-corrected chi connectivity index (χ3v) is 2.92. The molecule has 0 bridgehead atoms. The highest BCUT2D eigenvalue weighted by Crippen LogP contribution is 2.32. The number of rotatable bonds is 5. The largest absolute Gasteiger partial charge is 0.385 e. The lowest BCUT2D eigenvalue weighted by Gasteiger charge is -2.33. The molecule has 0 saturated heterocycles. The van der Waals surface area contributed by atoms with Crippen molar-refractivity contribution in [3.05, 3.63) is 11.7 Å². The molecule has 5 heteroatoms. The summed E-state index contributed by atoms with van der Waals surface area (Å²) in [5.74, 6) is 1.57. The van der Waals surface area contributed by atoms with E-state index < -0.39 is 6.10 Å². The van der Waals surface area contributed by atoms with Gasteiger partial charge in [0.15, 0.2) is 5.82 Å². The average Bonchev–Trinajstić information content (AvgIpc) is 2.63. The third-order valence-electron chi connectivity index (χ3n) is 2.92. The number of hydrogen-bond acceptors (Lipinski definition) is 5. The molecule has 1 saturated carbocycles. The van der Waals surface area contributed by atoms with Gasteiger partial charge < -0.3 is 14.4 Å². The second kappa shape index (κ2) is 4.93. The fourth-order valence-corrected chi connectivity index (χ4v) is 1.98. The van der Waals surface area contributed by atoms with E-state index >= 15 is 0 Å². The molecule has 1 unspecified atom stereocenters. The van der Waals surface area contributed by atoms with Crippen LogP contribution in [-0.2, 0) is 11.2 Å². The summed E-state index contributed by atoms with van der Waals surface area (Å²) in [5.41, 5.74) is 0. The summed E-state index contributed by atoms with van der Waals surface area (Å²) < 4.78 is 10.5. The molecule has 1 aliphatic rings. The molecule has 0 amide bonds. The van der Waals surface area contributed by atoms with Gasteiger partial charge in [-0.25, -0.2) is 0 Å². The topological polar surface area (TPSA) is 68.4 Å². The molecule has 2 rings (SSSR count). The zero-order chi connectivity index (χ0) is 11.5. The normalized spacial score (nSPS) is 26.4. The van der Waals surface area contributed by atoms with Crippen LogP contribution < -0.4 is 0 Å². The molecule has 1 aromatic rings. The summed E-state index contributed by atoms with van der Waals surface area (Å²) in [4.78, 5) is 4.13. The lowest BCUT2D eigenvalue weighted by Crippen LogP contribution is -2.32. The van der Waals surface area contributed by atoms with E-state index in [1.54, 1.807) is 6.92 Å². The Morgan fingerprint density at radius 3 is 2.88 bits per heavy atom. The van der Waals surface area contributed by atoms with Gasteiger partial charge in [0.05, 0.1) is 6.10 Å². The van der Waals surface area contributed by atoms with E-state index in [0.29, 0.717) is 23.7 Å². The van der Waals surface area contributed by atoms with Gasteiger partial charge in [0.1, 0.15) is 6.10 Å². The molecule has 1 N–H and O–H groups in total. The van der Waals surface area contributed by atoms with Crippen molar-refractivity contribution in [2.24, 2.45) is 5.92 Å². The molecular formula is C11H18N2O3.